The minimum atomic E-state index is -3.54. The number of rotatable bonds is 4. The Morgan fingerprint density at radius 3 is 2.58 bits per heavy atom. The molecule has 0 radical (unpaired) electrons. The van der Waals surface area contributed by atoms with E-state index in [1.807, 2.05) is 6.92 Å². The van der Waals surface area contributed by atoms with Gasteiger partial charge in [0.2, 0.25) is 10.0 Å². The summed E-state index contributed by atoms with van der Waals surface area (Å²) in [4.78, 5) is 12.9. The highest BCUT2D eigenvalue weighted by atomic mass is 32.2. The van der Waals surface area contributed by atoms with Gasteiger partial charge in [0.1, 0.15) is 0 Å². The van der Waals surface area contributed by atoms with Crippen LogP contribution >= 0.6 is 11.3 Å². The van der Waals surface area contributed by atoms with Gasteiger partial charge < -0.3 is 5.11 Å². The number of hydrogen-bond donors (Lipinski definition) is 2. The van der Waals surface area contributed by atoms with Crippen LogP contribution in [0.2, 0.25) is 0 Å². The molecule has 0 spiro atoms. The molecule has 19 heavy (non-hydrogen) atoms. The molecular weight excluding hydrogens is 286 g/mol. The number of carboxylic acids is 1. The van der Waals surface area contributed by atoms with E-state index in [0.717, 1.165) is 9.75 Å². The number of aryl methyl sites for hydroxylation is 2. The fourth-order valence-corrected chi connectivity index (χ4v) is 5.31. The molecule has 1 heterocycles. The van der Waals surface area contributed by atoms with E-state index in [9.17, 15) is 13.2 Å². The Kier molecular flexibility index (Phi) is 3.98. The summed E-state index contributed by atoms with van der Waals surface area (Å²) >= 11 is 1.45. The van der Waals surface area contributed by atoms with Crippen molar-refractivity contribution in [3.63, 3.8) is 0 Å². The van der Waals surface area contributed by atoms with Gasteiger partial charge >= 0.3 is 5.97 Å². The largest absolute Gasteiger partial charge is 0.481 e. The molecule has 2 unspecified atom stereocenters. The first kappa shape index (κ1) is 14.5. The molecule has 1 aliphatic rings. The number of nitrogens with one attached hydrogen (secondary N) is 1. The predicted molar refractivity (Wildman–Crippen MR) is 72.9 cm³/mol. The molecule has 0 aromatic carbocycles. The molecule has 1 aromatic rings. The van der Waals surface area contributed by atoms with E-state index >= 15 is 0 Å². The third-order valence-corrected chi connectivity index (χ3v) is 6.13. The second-order valence-corrected chi connectivity index (χ2v) is 8.09. The van der Waals surface area contributed by atoms with Crippen LogP contribution in [0.5, 0.6) is 0 Å². The molecule has 2 atom stereocenters. The summed E-state index contributed by atoms with van der Waals surface area (Å²) in [5.74, 6) is -1.28. The van der Waals surface area contributed by atoms with Crippen LogP contribution in [-0.2, 0) is 14.8 Å². The van der Waals surface area contributed by atoms with Crippen molar-refractivity contribution < 1.29 is 18.3 Å². The highest BCUT2D eigenvalue weighted by molar-refractivity contribution is 7.89. The minimum Gasteiger partial charge on any atom is -0.481 e. The first-order chi connectivity index (χ1) is 8.79. The van der Waals surface area contributed by atoms with E-state index in [4.69, 9.17) is 5.11 Å². The second kappa shape index (κ2) is 5.22. The summed E-state index contributed by atoms with van der Waals surface area (Å²) in [6.07, 6.45) is 1.49. The maximum absolute atomic E-state index is 12.2. The second-order valence-electron chi connectivity index (χ2n) is 4.94. The third kappa shape index (κ3) is 3.16. The lowest BCUT2D eigenvalue weighted by molar-refractivity contribution is -0.141. The van der Waals surface area contributed by atoms with Gasteiger partial charge in [-0.1, -0.05) is 0 Å². The highest BCUT2D eigenvalue weighted by Crippen LogP contribution is 2.29. The third-order valence-electron chi connectivity index (χ3n) is 3.39. The number of carboxylic acid groups (broad SMARTS) is 1. The van der Waals surface area contributed by atoms with Gasteiger partial charge in [0, 0.05) is 15.8 Å². The molecule has 7 heteroatoms. The average Bonchev–Trinajstić information content (AvgIpc) is 2.85. The quantitative estimate of drug-likeness (QED) is 0.890. The van der Waals surface area contributed by atoms with Gasteiger partial charge in [-0.05, 0) is 39.2 Å². The van der Waals surface area contributed by atoms with Crippen LogP contribution in [0, 0.1) is 19.8 Å². The zero-order chi connectivity index (χ0) is 14.2. The molecule has 1 saturated carbocycles. The molecular formula is C12H17NO4S2. The lowest BCUT2D eigenvalue weighted by Crippen LogP contribution is -2.33. The van der Waals surface area contributed by atoms with Crippen LogP contribution < -0.4 is 4.72 Å². The Morgan fingerprint density at radius 2 is 2.11 bits per heavy atom. The molecule has 1 fully saturated rings. The number of hydrogen-bond acceptors (Lipinski definition) is 4. The first-order valence-corrected chi connectivity index (χ1v) is 8.41. The zero-order valence-electron chi connectivity index (χ0n) is 10.8. The van der Waals surface area contributed by atoms with Gasteiger partial charge in [-0.15, -0.1) is 11.3 Å². The zero-order valence-corrected chi connectivity index (χ0v) is 12.5. The fourth-order valence-electron chi connectivity index (χ4n) is 2.47. The summed E-state index contributed by atoms with van der Waals surface area (Å²) in [6, 6.07) is 1.39. The van der Waals surface area contributed by atoms with Gasteiger partial charge in [0.05, 0.1) is 10.8 Å². The van der Waals surface area contributed by atoms with E-state index < -0.39 is 21.9 Å². The van der Waals surface area contributed by atoms with Crippen molar-refractivity contribution >= 4 is 27.3 Å². The molecule has 1 aromatic heterocycles. The van der Waals surface area contributed by atoms with Crippen molar-refractivity contribution in [1.29, 1.82) is 0 Å². The van der Waals surface area contributed by atoms with Crippen molar-refractivity contribution in [2.45, 2.75) is 44.0 Å². The van der Waals surface area contributed by atoms with Crippen molar-refractivity contribution in [2.75, 3.05) is 0 Å². The summed E-state index contributed by atoms with van der Waals surface area (Å²) < 4.78 is 27.1. The maximum Gasteiger partial charge on any atom is 0.306 e. The van der Waals surface area contributed by atoms with Crippen LogP contribution in [0.1, 0.15) is 29.0 Å². The average molecular weight is 303 g/mol. The summed E-state index contributed by atoms with van der Waals surface area (Å²) in [5.41, 5.74) is 0. The summed E-state index contributed by atoms with van der Waals surface area (Å²) in [6.45, 7) is 3.65. The van der Waals surface area contributed by atoms with Gasteiger partial charge in [0.25, 0.3) is 0 Å². The van der Waals surface area contributed by atoms with E-state index in [2.05, 4.69) is 4.72 Å². The molecule has 0 bridgehead atoms. The van der Waals surface area contributed by atoms with Gasteiger partial charge in [0.15, 0.2) is 0 Å². The number of carbonyl (C=O) groups is 1. The normalized spacial score (nSPS) is 23.7. The van der Waals surface area contributed by atoms with E-state index in [0.29, 0.717) is 24.2 Å². The minimum absolute atomic E-state index is 0.272. The van der Waals surface area contributed by atoms with Gasteiger partial charge in [-0.2, -0.15) is 0 Å². The van der Waals surface area contributed by atoms with Gasteiger partial charge in [-0.3, -0.25) is 4.79 Å². The van der Waals surface area contributed by atoms with Gasteiger partial charge in [-0.25, -0.2) is 13.1 Å². The summed E-state index contributed by atoms with van der Waals surface area (Å²) in [5, 5.41) is 8.92. The maximum atomic E-state index is 12.2. The predicted octanol–water partition coefficient (Wildman–Crippen LogP) is 1.90. The van der Waals surface area contributed by atoms with Crippen molar-refractivity contribution in [2.24, 2.45) is 5.92 Å². The number of aliphatic carboxylic acids is 1. The molecule has 2 rings (SSSR count). The van der Waals surface area contributed by atoms with Crippen LogP contribution in [0.15, 0.2) is 11.0 Å². The lowest BCUT2D eigenvalue weighted by atomic mass is 10.1. The van der Waals surface area contributed by atoms with Crippen molar-refractivity contribution in [3.05, 3.63) is 15.8 Å². The van der Waals surface area contributed by atoms with Crippen LogP contribution in [-0.4, -0.2) is 25.5 Å². The van der Waals surface area contributed by atoms with Crippen molar-refractivity contribution in [1.82, 2.24) is 4.72 Å². The Bertz CT molecular complexity index is 591. The van der Waals surface area contributed by atoms with E-state index in [1.165, 1.54) is 11.3 Å². The highest BCUT2D eigenvalue weighted by Gasteiger charge is 2.33. The standard InChI is InChI=1S/C12H17NO4S2/c1-7-5-11(8(2)18-7)19(16,17)13-10-4-3-9(6-10)12(14)15/h5,9-10,13H,3-4,6H2,1-2H3,(H,14,15). The van der Waals surface area contributed by atoms with Crippen LogP contribution in [0.4, 0.5) is 0 Å². The molecule has 1 aliphatic carbocycles. The Morgan fingerprint density at radius 1 is 1.42 bits per heavy atom. The molecule has 0 saturated heterocycles. The Balaban J connectivity index is 2.11. The Labute approximate surface area is 116 Å². The topological polar surface area (TPSA) is 83.5 Å². The van der Waals surface area contributed by atoms with E-state index in [1.54, 1.807) is 13.0 Å². The smallest absolute Gasteiger partial charge is 0.306 e. The monoisotopic (exact) mass is 303 g/mol. The van der Waals surface area contributed by atoms with E-state index in [-0.39, 0.29) is 6.04 Å². The summed E-state index contributed by atoms with van der Waals surface area (Å²) in [7, 11) is -3.54. The van der Waals surface area contributed by atoms with Crippen molar-refractivity contribution in [3.8, 4) is 0 Å². The number of thiophene rings is 1. The van der Waals surface area contributed by atoms with Crippen LogP contribution in [0.3, 0.4) is 0 Å². The molecule has 5 nitrogen and oxygen atoms in total. The molecule has 2 N–H and O–H groups in total. The fraction of sp³-hybridized carbons (Fsp3) is 0.583. The Hall–Kier alpha value is -0.920. The first-order valence-electron chi connectivity index (χ1n) is 6.12. The molecule has 106 valence electrons. The van der Waals surface area contributed by atoms with Crippen LogP contribution in [0.25, 0.3) is 0 Å². The number of sulfonamides is 1. The molecule has 0 aliphatic heterocycles. The molecule has 0 amide bonds. The SMILES string of the molecule is Cc1cc(S(=O)(=O)NC2CCC(C(=O)O)C2)c(C)s1. The lowest BCUT2D eigenvalue weighted by Gasteiger charge is -2.12.